The van der Waals surface area contributed by atoms with E-state index in [1.54, 1.807) is 0 Å². The van der Waals surface area contributed by atoms with Gasteiger partial charge in [0.2, 0.25) is 0 Å². The van der Waals surface area contributed by atoms with Crippen molar-refractivity contribution in [1.82, 2.24) is 0 Å². The van der Waals surface area contributed by atoms with Gasteiger partial charge in [0.25, 0.3) is 0 Å². The lowest BCUT2D eigenvalue weighted by atomic mass is 9.96. The Morgan fingerprint density at radius 1 is 0.368 bits per heavy atom. The molecule has 0 amide bonds. The molecular weight excluding hydrogens is 460 g/mol. The first kappa shape index (κ1) is 22.1. The van der Waals surface area contributed by atoms with E-state index in [2.05, 4.69) is 162 Å². The van der Waals surface area contributed by atoms with Crippen LogP contribution in [0.5, 0.6) is 0 Å². The van der Waals surface area contributed by atoms with Gasteiger partial charge < -0.3 is 10.2 Å². The highest BCUT2D eigenvalue weighted by atomic mass is 15.2. The normalized spacial score (nSPS) is 11.2. The Morgan fingerprint density at radius 3 is 1.50 bits per heavy atom. The average molecular weight is 487 g/mol. The van der Waals surface area contributed by atoms with Gasteiger partial charge in [-0.3, -0.25) is 0 Å². The van der Waals surface area contributed by atoms with Gasteiger partial charge in [0.15, 0.2) is 0 Å². The van der Waals surface area contributed by atoms with Crippen LogP contribution in [0.1, 0.15) is 0 Å². The molecule has 7 aromatic rings. The fourth-order valence-corrected chi connectivity index (χ4v) is 5.51. The van der Waals surface area contributed by atoms with E-state index in [0.717, 1.165) is 28.4 Å². The van der Waals surface area contributed by atoms with E-state index in [-0.39, 0.29) is 0 Å². The maximum atomic E-state index is 3.93. The Morgan fingerprint density at radius 2 is 0.842 bits per heavy atom. The molecular formula is C36H26N2. The van der Waals surface area contributed by atoms with Gasteiger partial charge >= 0.3 is 0 Å². The summed E-state index contributed by atoms with van der Waals surface area (Å²) in [7, 11) is 0. The van der Waals surface area contributed by atoms with E-state index in [4.69, 9.17) is 0 Å². The first-order valence-electron chi connectivity index (χ1n) is 13.0. The first-order valence-corrected chi connectivity index (χ1v) is 13.0. The molecule has 0 unspecified atom stereocenters. The number of para-hydroxylation sites is 2. The van der Waals surface area contributed by atoms with Crippen LogP contribution in [-0.2, 0) is 0 Å². The highest BCUT2D eigenvalue weighted by molar-refractivity contribution is 6.22. The minimum atomic E-state index is 1.09. The third-order valence-corrected chi connectivity index (χ3v) is 7.21. The third-order valence-electron chi connectivity index (χ3n) is 7.21. The molecule has 0 aliphatic rings. The van der Waals surface area contributed by atoms with E-state index in [9.17, 15) is 0 Å². The Bertz CT molecular complexity index is 1850. The summed E-state index contributed by atoms with van der Waals surface area (Å²) in [5.74, 6) is 0. The smallest absolute Gasteiger partial charge is 0.0782 e. The summed E-state index contributed by atoms with van der Waals surface area (Å²) in [4.78, 5) is 2.38. The molecule has 0 aromatic heterocycles. The Balaban J connectivity index is 1.61. The number of hydrogen-bond donors (Lipinski definition) is 1. The van der Waals surface area contributed by atoms with Crippen LogP contribution in [-0.4, -0.2) is 0 Å². The number of rotatable bonds is 5. The van der Waals surface area contributed by atoms with Crippen LogP contribution in [0, 0.1) is 0 Å². The molecule has 0 spiro atoms. The molecule has 180 valence electrons. The number of fused-ring (bicyclic) bond motifs is 4. The van der Waals surface area contributed by atoms with Crippen LogP contribution in [0.2, 0.25) is 0 Å². The monoisotopic (exact) mass is 486 g/mol. The highest BCUT2D eigenvalue weighted by Crippen LogP contribution is 2.49. The SMILES string of the molecule is c1ccc(N(c2ccccc2)c2c(Nc3cccc4ccccc34)c3ccccc3c3ccccc23)cc1. The maximum Gasteiger partial charge on any atom is 0.0782 e. The number of hydrogen-bond acceptors (Lipinski definition) is 2. The topological polar surface area (TPSA) is 15.3 Å². The van der Waals surface area contributed by atoms with Crippen molar-refractivity contribution in [1.29, 1.82) is 0 Å². The molecule has 0 aliphatic heterocycles. The second-order valence-corrected chi connectivity index (χ2v) is 9.47. The van der Waals surface area contributed by atoms with Gasteiger partial charge in [0.1, 0.15) is 0 Å². The summed E-state index contributed by atoms with van der Waals surface area (Å²) < 4.78 is 0. The molecule has 0 saturated heterocycles. The predicted molar refractivity (Wildman–Crippen MR) is 163 cm³/mol. The summed E-state index contributed by atoms with van der Waals surface area (Å²) in [6.07, 6.45) is 0. The van der Waals surface area contributed by atoms with Crippen molar-refractivity contribution in [3.05, 3.63) is 152 Å². The van der Waals surface area contributed by atoms with Crippen molar-refractivity contribution >= 4 is 60.8 Å². The van der Waals surface area contributed by atoms with Gasteiger partial charge in [-0.05, 0) is 46.5 Å². The highest BCUT2D eigenvalue weighted by Gasteiger charge is 2.22. The predicted octanol–water partition coefficient (Wildman–Crippen LogP) is 10.4. The molecule has 2 nitrogen and oxygen atoms in total. The van der Waals surface area contributed by atoms with Crippen LogP contribution in [0.25, 0.3) is 32.3 Å². The number of nitrogens with one attached hydrogen (secondary N) is 1. The summed E-state index contributed by atoms with van der Waals surface area (Å²) in [6.45, 7) is 0. The van der Waals surface area contributed by atoms with Crippen LogP contribution < -0.4 is 10.2 Å². The van der Waals surface area contributed by atoms with Crippen molar-refractivity contribution in [2.75, 3.05) is 10.2 Å². The average Bonchev–Trinajstić information content (AvgIpc) is 3.00. The molecule has 1 N–H and O–H groups in total. The minimum absolute atomic E-state index is 1.09. The summed E-state index contributed by atoms with van der Waals surface area (Å²) in [5.41, 5.74) is 5.53. The van der Waals surface area contributed by atoms with Crippen LogP contribution in [0.15, 0.2) is 152 Å². The third kappa shape index (κ3) is 3.75. The fourth-order valence-electron chi connectivity index (χ4n) is 5.51. The van der Waals surface area contributed by atoms with Gasteiger partial charge in [-0.15, -0.1) is 0 Å². The van der Waals surface area contributed by atoms with Gasteiger partial charge in [-0.1, -0.05) is 121 Å². The van der Waals surface area contributed by atoms with E-state index >= 15 is 0 Å². The molecule has 7 rings (SSSR count). The van der Waals surface area contributed by atoms with Crippen molar-refractivity contribution < 1.29 is 0 Å². The van der Waals surface area contributed by atoms with Gasteiger partial charge in [-0.25, -0.2) is 0 Å². The van der Waals surface area contributed by atoms with Gasteiger partial charge in [0, 0.05) is 33.2 Å². The summed E-state index contributed by atoms with van der Waals surface area (Å²) in [6, 6.07) is 53.7. The first-order chi connectivity index (χ1) is 18.9. The van der Waals surface area contributed by atoms with Crippen LogP contribution >= 0.6 is 0 Å². The van der Waals surface area contributed by atoms with Gasteiger partial charge in [-0.2, -0.15) is 0 Å². The second-order valence-electron chi connectivity index (χ2n) is 9.47. The number of benzene rings is 7. The molecule has 0 saturated carbocycles. The Kier molecular flexibility index (Phi) is 5.49. The standard InChI is InChI=1S/C36H26N2/c1-3-16-27(17-4-1)38(28-18-5-2-6-19-28)36-33-24-12-10-22-31(33)30-21-9-11-23-32(30)35(36)37-34-25-13-15-26-14-7-8-20-29(26)34/h1-25,37H. The Labute approximate surface area is 222 Å². The van der Waals surface area contributed by atoms with E-state index < -0.39 is 0 Å². The van der Waals surface area contributed by atoms with Gasteiger partial charge in [0.05, 0.1) is 11.4 Å². The largest absolute Gasteiger partial charge is 0.353 e. The molecule has 2 heteroatoms. The van der Waals surface area contributed by atoms with E-state index in [1.165, 1.54) is 32.3 Å². The molecule has 0 aliphatic carbocycles. The van der Waals surface area contributed by atoms with Crippen LogP contribution in [0.4, 0.5) is 28.4 Å². The van der Waals surface area contributed by atoms with Crippen molar-refractivity contribution in [3.8, 4) is 0 Å². The number of nitrogens with zero attached hydrogens (tertiary/aromatic N) is 1. The van der Waals surface area contributed by atoms with Crippen molar-refractivity contribution in [2.24, 2.45) is 0 Å². The zero-order chi connectivity index (χ0) is 25.3. The zero-order valence-electron chi connectivity index (χ0n) is 20.9. The molecule has 0 heterocycles. The Hall–Kier alpha value is -5.08. The van der Waals surface area contributed by atoms with Crippen molar-refractivity contribution in [2.45, 2.75) is 0 Å². The second kappa shape index (κ2) is 9.42. The summed E-state index contributed by atoms with van der Waals surface area (Å²) >= 11 is 0. The lowest BCUT2D eigenvalue weighted by molar-refractivity contribution is 1.30. The lowest BCUT2D eigenvalue weighted by Gasteiger charge is -2.30. The lowest BCUT2D eigenvalue weighted by Crippen LogP contribution is -2.13. The molecule has 0 fully saturated rings. The maximum absolute atomic E-state index is 3.93. The molecule has 0 atom stereocenters. The molecule has 0 radical (unpaired) electrons. The molecule has 38 heavy (non-hydrogen) atoms. The zero-order valence-corrected chi connectivity index (χ0v) is 20.9. The van der Waals surface area contributed by atoms with Crippen LogP contribution in [0.3, 0.4) is 0 Å². The van der Waals surface area contributed by atoms with E-state index in [1.807, 2.05) is 0 Å². The summed E-state index contributed by atoms with van der Waals surface area (Å²) in [5, 5.41) is 11.2. The number of anilines is 5. The molecule has 0 bridgehead atoms. The molecule has 7 aromatic carbocycles. The van der Waals surface area contributed by atoms with Crippen molar-refractivity contribution in [3.63, 3.8) is 0 Å². The van der Waals surface area contributed by atoms with E-state index in [0.29, 0.717) is 0 Å². The fraction of sp³-hybridized carbons (Fsp3) is 0. The minimum Gasteiger partial charge on any atom is -0.353 e. The quantitative estimate of drug-likeness (QED) is 0.192.